The van der Waals surface area contributed by atoms with Crippen LogP contribution in [-0.2, 0) is 10.0 Å². The van der Waals surface area contributed by atoms with Crippen molar-refractivity contribution in [3.8, 4) is 0 Å². The molecule has 0 radical (unpaired) electrons. The van der Waals surface area contributed by atoms with Crippen LogP contribution >= 0.6 is 23.2 Å². The maximum Gasteiger partial charge on any atom is 0.289 e. The number of benzene rings is 2. The maximum atomic E-state index is 13.8. The van der Waals surface area contributed by atoms with Crippen molar-refractivity contribution in [1.82, 2.24) is 0 Å². The second-order valence-corrected chi connectivity index (χ2v) is 6.55. The third kappa shape index (κ3) is 3.29. The van der Waals surface area contributed by atoms with Crippen molar-refractivity contribution in [3.05, 3.63) is 62.4 Å². The molecule has 0 saturated carbocycles. The molecule has 1 N–H and O–H groups in total. The van der Waals surface area contributed by atoms with E-state index in [0.29, 0.717) is 0 Å². The first kappa shape index (κ1) is 16.5. The maximum absolute atomic E-state index is 13.8. The van der Waals surface area contributed by atoms with Gasteiger partial charge in [0, 0.05) is 6.07 Å². The molecule has 22 heavy (non-hydrogen) atoms. The predicted molar refractivity (Wildman–Crippen MR) is 80.3 cm³/mol. The number of nitro groups is 1. The minimum absolute atomic E-state index is 0.129. The summed E-state index contributed by atoms with van der Waals surface area (Å²) in [7, 11) is -4.30. The summed E-state index contributed by atoms with van der Waals surface area (Å²) in [5.74, 6) is -1.11. The van der Waals surface area contributed by atoms with Gasteiger partial charge in [-0.25, -0.2) is 12.8 Å². The van der Waals surface area contributed by atoms with Gasteiger partial charge in [-0.3, -0.25) is 14.8 Å². The molecule has 116 valence electrons. The van der Waals surface area contributed by atoms with Crippen molar-refractivity contribution in [1.29, 1.82) is 0 Å². The zero-order valence-corrected chi connectivity index (χ0v) is 12.9. The molecule has 6 nitrogen and oxygen atoms in total. The molecule has 0 spiro atoms. The molecular formula is C12H7Cl2FN2O4S. The first-order valence-electron chi connectivity index (χ1n) is 5.63. The van der Waals surface area contributed by atoms with Gasteiger partial charge in [0.25, 0.3) is 15.7 Å². The Labute approximate surface area is 134 Å². The van der Waals surface area contributed by atoms with Crippen LogP contribution in [0.2, 0.25) is 10.0 Å². The highest BCUT2D eigenvalue weighted by atomic mass is 35.5. The molecule has 0 bridgehead atoms. The lowest BCUT2D eigenvalue weighted by Crippen LogP contribution is -2.14. The normalized spacial score (nSPS) is 11.2. The third-order valence-corrected chi connectivity index (χ3v) is 4.61. The van der Waals surface area contributed by atoms with E-state index in [1.165, 1.54) is 18.2 Å². The highest BCUT2D eigenvalue weighted by Crippen LogP contribution is 2.29. The number of nitrogens with zero attached hydrogens (tertiary/aromatic N) is 1. The Morgan fingerprint density at radius 3 is 2.45 bits per heavy atom. The van der Waals surface area contributed by atoms with E-state index in [2.05, 4.69) is 0 Å². The first-order chi connectivity index (χ1) is 10.2. The van der Waals surface area contributed by atoms with Crippen LogP contribution < -0.4 is 4.72 Å². The predicted octanol–water partition coefficient (Wildman–Crippen LogP) is 3.84. The molecule has 2 rings (SSSR count). The van der Waals surface area contributed by atoms with E-state index in [1.54, 1.807) is 0 Å². The van der Waals surface area contributed by atoms with Crippen molar-refractivity contribution in [2.45, 2.75) is 4.90 Å². The molecule has 0 amide bonds. The fraction of sp³-hybridized carbons (Fsp3) is 0. The monoisotopic (exact) mass is 364 g/mol. The van der Waals surface area contributed by atoms with Crippen molar-refractivity contribution >= 4 is 44.6 Å². The summed E-state index contributed by atoms with van der Waals surface area (Å²) in [6.45, 7) is 0. The Hall–Kier alpha value is -1.90. The van der Waals surface area contributed by atoms with E-state index in [-0.39, 0.29) is 15.7 Å². The summed E-state index contributed by atoms with van der Waals surface area (Å²) in [5.41, 5.74) is -0.607. The molecule has 0 saturated heterocycles. The summed E-state index contributed by atoms with van der Waals surface area (Å²) >= 11 is 11.2. The van der Waals surface area contributed by atoms with E-state index in [1.807, 2.05) is 4.72 Å². The van der Waals surface area contributed by atoms with Gasteiger partial charge >= 0.3 is 0 Å². The van der Waals surface area contributed by atoms with Crippen LogP contribution in [0.1, 0.15) is 0 Å². The molecule has 10 heteroatoms. The van der Waals surface area contributed by atoms with Crippen LogP contribution in [0.25, 0.3) is 0 Å². The largest absolute Gasteiger partial charge is 0.289 e. The van der Waals surface area contributed by atoms with Crippen molar-refractivity contribution < 1.29 is 17.7 Å². The molecule has 2 aromatic carbocycles. The molecule has 0 aliphatic carbocycles. The summed E-state index contributed by atoms with van der Waals surface area (Å²) in [4.78, 5) is 9.34. The fourth-order valence-electron chi connectivity index (χ4n) is 1.62. The Kier molecular flexibility index (Phi) is 4.55. The van der Waals surface area contributed by atoms with Gasteiger partial charge in [0.05, 0.1) is 15.6 Å². The minimum atomic E-state index is -4.30. The molecule has 0 aliphatic heterocycles. The number of hydrogen-bond acceptors (Lipinski definition) is 4. The van der Waals surface area contributed by atoms with Crippen LogP contribution in [0.3, 0.4) is 0 Å². The summed E-state index contributed by atoms with van der Waals surface area (Å²) < 4.78 is 40.1. The molecular weight excluding hydrogens is 358 g/mol. The average molecular weight is 365 g/mol. The van der Waals surface area contributed by atoms with Gasteiger partial charge in [0.1, 0.15) is 9.92 Å². The number of nitro benzene ring substituents is 1. The van der Waals surface area contributed by atoms with Crippen LogP contribution in [0.5, 0.6) is 0 Å². The van der Waals surface area contributed by atoms with Crippen molar-refractivity contribution in [2.24, 2.45) is 0 Å². The van der Waals surface area contributed by atoms with Gasteiger partial charge in [0.2, 0.25) is 0 Å². The van der Waals surface area contributed by atoms with Gasteiger partial charge in [-0.15, -0.1) is 0 Å². The highest BCUT2D eigenvalue weighted by molar-refractivity contribution is 7.92. The molecule has 0 atom stereocenters. The molecule has 0 aromatic heterocycles. The number of anilines is 1. The van der Waals surface area contributed by atoms with Crippen LogP contribution in [-0.4, -0.2) is 13.3 Å². The number of rotatable bonds is 4. The molecule has 0 heterocycles. The standard InChI is InChI=1S/C12H7Cl2FN2O4S/c13-8-5-4-7(6-10(8)17(18)19)16-22(20,21)11-3-1-2-9(14)12(11)15/h1-6,16H. The summed E-state index contributed by atoms with van der Waals surface area (Å²) in [5, 5.41) is 10.3. The van der Waals surface area contributed by atoms with Crippen LogP contribution in [0, 0.1) is 15.9 Å². The van der Waals surface area contributed by atoms with Crippen molar-refractivity contribution in [3.63, 3.8) is 0 Å². The van der Waals surface area contributed by atoms with E-state index >= 15 is 0 Å². The SMILES string of the molecule is O=[N+]([O-])c1cc(NS(=O)(=O)c2cccc(Cl)c2F)ccc1Cl. The van der Waals surface area contributed by atoms with E-state index < -0.39 is 31.3 Å². The van der Waals surface area contributed by atoms with Gasteiger partial charge in [-0.05, 0) is 24.3 Å². The van der Waals surface area contributed by atoms with Crippen LogP contribution in [0.15, 0.2) is 41.3 Å². The molecule has 0 fully saturated rings. The lowest BCUT2D eigenvalue weighted by atomic mass is 10.3. The zero-order valence-electron chi connectivity index (χ0n) is 10.6. The number of hydrogen-bond donors (Lipinski definition) is 1. The van der Waals surface area contributed by atoms with Gasteiger partial charge in [-0.2, -0.15) is 0 Å². The summed E-state index contributed by atoms with van der Waals surface area (Å²) in [6, 6.07) is 6.80. The number of halogens is 3. The Bertz CT molecular complexity index is 858. The lowest BCUT2D eigenvalue weighted by molar-refractivity contribution is -0.384. The fourth-order valence-corrected chi connectivity index (χ4v) is 3.19. The quantitative estimate of drug-likeness (QED) is 0.659. The average Bonchev–Trinajstić information content (AvgIpc) is 2.43. The number of nitrogens with one attached hydrogen (secondary N) is 1. The number of sulfonamides is 1. The Balaban J connectivity index is 2.43. The lowest BCUT2D eigenvalue weighted by Gasteiger charge is -2.09. The van der Waals surface area contributed by atoms with Crippen molar-refractivity contribution in [2.75, 3.05) is 4.72 Å². The zero-order chi connectivity index (χ0) is 16.5. The van der Waals surface area contributed by atoms with Gasteiger partial charge in [-0.1, -0.05) is 29.3 Å². The highest BCUT2D eigenvalue weighted by Gasteiger charge is 2.22. The smallest absolute Gasteiger partial charge is 0.279 e. The molecule has 0 unspecified atom stereocenters. The van der Waals surface area contributed by atoms with Gasteiger partial charge in [0.15, 0.2) is 5.82 Å². The van der Waals surface area contributed by atoms with Crippen LogP contribution in [0.4, 0.5) is 15.8 Å². The minimum Gasteiger partial charge on any atom is -0.279 e. The van der Waals surface area contributed by atoms with E-state index in [0.717, 1.165) is 18.2 Å². The second-order valence-electron chi connectivity index (χ2n) is 4.08. The van der Waals surface area contributed by atoms with Gasteiger partial charge < -0.3 is 0 Å². The van der Waals surface area contributed by atoms with E-state index in [9.17, 15) is 22.9 Å². The Morgan fingerprint density at radius 2 is 1.82 bits per heavy atom. The Morgan fingerprint density at radius 1 is 1.14 bits per heavy atom. The van der Waals surface area contributed by atoms with E-state index in [4.69, 9.17) is 23.2 Å². The first-order valence-corrected chi connectivity index (χ1v) is 7.87. The second kappa shape index (κ2) is 6.07. The third-order valence-electron chi connectivity index (χ3n) is 2.60. The molecule has 2 aromatic rings. The summed E-state index contributed by atoms with van der Waals surface area (Å²) in [6.07, 6.45) is 0. The molecule has 0 aliphatic rings. The topological polar surface area (TPSA) is 89.3 Å².